The van der Waals surface area contributed by atoms with Crippen LogP contribution in [-0.2, 0) is 14.9 Å². The number of hydrogen-bond acceptors (Lipinski definition) is 3. The van der Waals surface area contributed by atoms with Gasteiger partial charge in [0.05, 0.1) is 6.04 Å². The molecule has 0 aromatic heterocycles. The molecule has 1 aliphatic rings. The fourth-order valence-electron chi connectivity index (χ4n) is 3.45. The molecule has 1 saturated heterocycles. The van der Waals surface area contributed by atoms with E-state index in [1.807, 2.05) is 6.07 Å². The Kier molecular flexibility index (Phi) is 6.19. The van der Waals surface area contributed by atoms with Crippen LogP contribution in [0.2, 0.25) is 0 Å². The molecule has 4 nitrogen and oxygen atoms in total. The summed E-state index contributed by atoms with van der Waals surface area (Å²) in [6.07, 6.45) is 2.63. The second-order valence-electron chi connectivity index (χ2n) is 7.34. The number of nitrogens with two attached hydrogens (primary N) is 1. The number of rotatable bonds is 6. The SMILES string of the molecule is CC(CC(C)(C)c1ccccc1)NC(=O)C(N)C1CCOCC1. The van der Waals surface area contributed by atoms with Gasteiger partial charge in [-0.2, -0.15) is 0 Å². The Morgan fingerprint density at radius 3 is 2.52 bits per heavy atom. The molecule has 0 spiro atoms. The summed E-state index contributed by atoms with van der Waals surface area (Å²) >= 11 is 0. The maximum absolute atomic E-state index is 12.4. The van der Waals surface area contributed by atoms with Gasteiger partial charge in [0.2, 0.25) is 5.91 Å². The van der Waals surface area contributed by atoms with Crippen molar-refractivity contribution in [1.29, 1.82) is 0 Å². The van der Waals surface area contributed by atoms with Crippen molar-refractivity contribution < 1.29 is 9.53 Å². The van der Waals surface area contributed by atoms with Gasteiger partial charge in [0.25, 0.3) is 0 Å². The molecule has 2 unspecified atom stereocenters. The first-order valence-corrected chi connectivity index (χ1v) is 8.59. The van der Waals surface area contributed by atoms with Gasteiger partial charge in [-0.25, -0.2) is 0 Å². The number of nitrogens with one attached hydrogen (secondary N) is 1. The van der Waals surface area contributed by atoms with Gasteiger partial charge >= 0.3 is 0 Å². The zero-order chi connectivity index (χ0) is 16.9. The van der Waals surface area contributed by atoms with Crippen molar-refractivity contribution in [1.82, 2.24) is 5.32 Å². The molecule has 0 aliphatic carbocycles. The van der Waals surface area contributed by atoms with E-state index in [-0.39, 0.29) is 23.3 Å². The first-order chi connectivity index (χ1) is 10.9. The molecule has 3 N–H and O–H groups in total. The first kappa shape index (κ1) is 18.0. The van der Waals surface area contributed by atoms with Crippen LogP contribution >= 0.6 is 0 Å². The number of carbonyl (C=O) groups is 1. The molecule has 1 aromatic carbocycles. The Bertz CT molecular complexity index is 495. The highest BCUT2D eigenvalue weighted by Gasteiger charge is 2.29. The lowest BCUT2D eigenvalue weighted by atomic mass is 9.79. The average molecular weight is 318 g/mol. The Morgan fingerprint density at radius 2 is 1.91 bits per heavy atom. The van der Waals surface area contributed by atoms with Gasteiger partial charge in [-0.1, -0.05) is 44.2 Å². The molecule has 0 radical (unpaired) electrons. The molecule has 23 heavy (non-hydrogen) atoms. The number of hydrogen-bond donors (Lipinski definition) is 2. The molecule has 2 rings (SSSR count). The molecule has 1 aliphatic heterocycles. The van der Waals surface area contributed by atoms with E-state index in [4.69, 9.17) is 10.5 Å². The zero-order valence-electron chi connectivity index (χ0n) is 14.5. The summed E-state index contributed by atoms with van der Waals surface area (Å²) in [5.41, 5.74) is 7.45. The van der Waals surface area contributed by atoms with E-state index in [2.05, 4.69) is 50.4 Å². The molecule has 0 saturated carbocycles. The lowest BCUT2D eigenvalue weighted by Crippen LogP contribution is -2.50. The number of amides is 1. The lowest BCUT2D eigenvalue weighted by molar-refractivity contribution is -0.125. The molecular weight excluding hydrogens is 288 g/mol. The van der Waals surface area contributed by atoms with Crippen molar-refractivity contribution in [3.8, 4) is 0 Å². The second kappa shape index (κ2) is 7.93. The molecule has 1 fully saturated rings. The van der Waals surface area contributed by atoms with Crippen LogP contribution in [0.1, 0.15) is 45.6 Å². The normalized spacial score (nSPS) is 19.1. The minimum absolute atomic E-state index is 0.0106. The van der Waals surface area contributed by atoms with Crippen molar-refractivity contribution >= 4 is 5.91 Å². The van der Waals surface area contributed by atoms with E-state index < -0.39 is 6.04 Å². The van der Waals surface area contributed by atoms with E-state index in [1.165, 1.54) is 5.56 Å². The van der Waals surface area contributed by atoms with Gasteiger partial charge < -0.3 is 15.8 Å². The Labute approximate surface area is 139 Å². The number of ether oxygens (including phenoxy) is 1. The Hall–Kier alpha value is -1.39. The van der Waals surface area contributed by atoms with Crippen LogP contribution in [0.15, 0.2) is 30.3 Å². The maximum atomic E-state index is 12.4. The van der Waals surface area contributed by atoms with Gasteiger partial charge in [-0.15, -0.1) is 0 Å². The first-order valence-electron chi connectivity index (χ1n) is 8.59. The van der Waals surface area contributed by atoms with E-state index >= 15 is 0 Å². The van der Waals surface area contributed by atoms with Gasteiger partial charge in [0.15, 0.2) is 0 Å². The van der Waals surface area contributed by atoms with Crippen LogP contribution in [0, 0.1) is 5.92 Å². The van der Waals surface area contributed by atoms with Crippen LogP contribution in [0.4, 0.5) is 0 Å². The van der Waals surface area contributed by atoms with Crippen LogP contribution < -0.4 is 11.1 Å². The number of carbonyl (C=O) groups excluding carboxylic acids is 1. The Morgan fingerprint density at radius 1 is 1.30 bits per heavy atom. The molecule has 1 amide bonds. The fourth-order valence-corrected chi connectivity index (χ4v) is 3.45. The standard InChI is InChI=1S/C19H30N2O2/c1-14(13-19(2,3)16-7-5-4-6-8-16)21-18(22)17(20)15-9-11-23-12-10-15/h4-8,14-15,17H,9-13,20H2,1-3H3,(H,21,22). The summed E-state index contributed by atoms with van der Waals surface area (Å²) in [5, 5.41) is 3.10. The topological polar surface area (TPSA) is 64.4 Å². The summed E-state index contributed by atoms with van der Waals surface area (Å²) in [6, 6.07) is 10.1. The molecule has 1 heterocycles. The van der Waals surface area contributed by atoms with Crippen molar-refractivity contribution in [2.45, 2.75) is 57.5 Å². The zero-order valence-corrected chi connectivity index (χ0v) is 14.5. The van der Waals surface area contributed by atoms with Crippen molar-refractivity contribution in [3.05, 3.63) is 35.9 Å². The van der Waals surface area contributed by atoms with E-state index in [0.29, 0.717) is 13.2 Å². The van der Waals surface area contributed by atoms with E-state index in [1.54, 1.807) is 0 Å². The van der Waals surface area contributed by atoms with Crippen LogP contribution in [0.5, 0.6) is 0 Å². The minimum Gasteiger partial charge on any atom is -0.381 e. The van der Waals surface area contributed by atoms with Gasteiger partial charge in [0.1, 0.15) is 0 Å². The maximum Gasteiger partial charge on any atom is 0.237 e. The highest BCUT2D eigenvalue weighted by atomic mass is 16.5. The summed E-state index contributed by atoms with van der Waals surface area (Å²) < 4.78 is 5.34. The third-order valence-corrected chi connectivity index (χ3v) is 4.84. The van der Waals surface area contributed by atoms with E-state index in [0.717, 1.165) is 19.3 Å². The van der Waals surface area contributed by atoms with Crippen LogP contribution in [0.25, 0.3) is 0 Å². The summed E-state index contributed by atoms with van der Waals surface area (Å²) in [4.78, 5) is 12.4. The fraction of sp³-hybridized carbons (Fsp3) is 0.632. The van der Waals surface area contributed by atoms with Gasteiger partial charge in [0, 0.05) is 19.3 Å². The highest BCUT2D eigenvalue weighted by molar-refractivity contribution is 5.82. The van der Waals surface area contributed by atoms with Gasteiger partial charge in [-0.05, 0) is 43.1 Å². The quantitative estimate of drug-likeness (QED) is 0.847. The van der Waals surface area contributed by atoms with E-state index in [9.17, 15) is 4.79 Å². The summed E-state index contributed by atoms with van der Waals surface area (Å²) in [5.74, 6) is 0.200. The number of benzene rings is 1. The molecular formula is C19H30N2O2. The summed E-state index contributed by atoms with van der Waals surface area (Å²) in [7, 11) is 0. The van der Waals surface area contributed by atoms with Crippen molar-refractivity contribution in [2.24, 2.45) is 11.7 Å². The third kappa shape index (κ3) is 5.05. The Balaban J connectivity index is 1.88. The molecule has 0 bridgehead atoms. The molecule has 128 valence electrons. The molecule has 1 aromatic rings. The summed E-state index contributed by atoms with van der Waals surface area (Å²) in [6.45, 7) is 7.90. The average Bonchev–Trinajstić information content (AvgIpc) is 2.55. The van der Waals surface area contributed by atoms with Crippen molar-refractivity contribution in [3.63, 3.8) is 0 Å². The van der Waals surface area contributed by atoms with Gasteiger partial charge in [-0.3, -0.25) is 4.79 Å². The molecule has 4 heteroatoms. The smallest absolute Gasteiger partial charge is 0.237 e. The largest absolute Gasteiger partial charge is 0.381 e. The third-order valence-electron chi connectivity index (χ3n) is 4.84. The minimum atomic E-state index is -0.429. The monoisotopic (exact) mass is 318 g/mol. The van der Waals surface area contributed by atoms with Crippen molar-refractivity contribution in [2.75, 3.05) is 13.2 Å². The predicted molar refractivity (Wildman–Crippen MR) is 93.2 cm³/mol. The molecule has 2 atom stereocenters. The predicted octanol–water partition coefficient (Wildman–Crippen LogP) is 2.61. The lowest BCUT2D eigenvalue weighted by Gasteiger charge is -2.31. The van der Waals surface area contributed by atoms with Crippen LogP contribution in [0.3, 0.4) is 0 Å². The van der Waals surface area contributed by atoms with Crippen LogP contribution in [-0.4, -0.2) is 31.2 Å². The highest BCUT2D eigenvalue weighted by Crippen LogP contribution is 2.28. The second-order valence-corrected chi connectivity index (χ2v) is 7.34.